The van der Waals surface area contributed by atoms with Crippen molar-refractivity contribution < 1.29 is 13.7 Å². The summed E-state index contributed by atoms with van der Waals surface area (Å²) >= 11 is 0. The Morgan fingerprint density at radius 3 is 2.86 bits per heavy atom. The molecular weight excluding hydrogens is 298 g/mol. The Morgan fingerprint density at radius 2 is 2.18 bits per heavy atom. The van der Waals surface area contributed by atoms with Crippen LogP contribution in [0.15, 0.2) is 29.2 Å². The predicted molar refractivity (Wildman–Crippen MR) is 86.4 cm³/mol. The van der Waals surface area contributed by atoms with Gasteiger partial charge in [0, 0.05) is 18.4 Å². The van der Waals surface area contributed by atoms with Gasteiger partial charge in [-0.15, -0.1) is 0 Å². The quantitative estimate of drug-likeness (QED) is 0.927. The van der Waals surface area contributed by atoms with Gasteiger partial charge < -0.3 is 10.1 Å². The van der Waals surface area contributed by atoms with E-state index in [0.717, 1.165) is 25.7 Å². The lowest BCUT2D eigenvalue weighted by atomic mass is 9.74. The summed E-state index contributed by atoms with van der Waals surface area (Å²) < 4.78 is 18.0. The molecule has 0 aromatic heterocycles. The van der Waals surface area contributed by atoms with Crippen molar-refractivity contribution >= 4 is 16.7 Å². The van der Waals surface area contributed by atoms with E-state index in [1.807, 2.05) is 19.1 Å². The van der Waals surface area contributed by atoms with Crippen LogP contribution in [0.25, 0.3) is 0 Å². The molecular formula is C17H23NO3S. The molecule has 2 unspecified atom stereocenters. The van der Waals surface area contributed by atoms with Crippen molar-refractivity contribution in [1.82, 2.24) is 5.32 Å². The third kappa shape index (κ3) is 3.10. The van der Waals surface area contributed by atoms with E-state index < -0.39 is 10.8 Å². The number of ether oxygens (including phenoxy) is 1. The van der Waals surface area contributed by atoms with Crippen molar-refractivity contribution in [3.8, 4) is 0 Å². The third-order valence-electron chi connectivity index (χ3n) is 4.73. The summed E-state index contributed by atoms with van der Waals surface area (Å²) in [5.74, 6) is 0.406. The molecule has 2 atom stereocenters. The molecule has 1 aromatic rings. The highest BCUT2D eigenvalue weighted by Gasteiger charge is 2.42. The molecule has 2 fully saturated rings. The van der Waals surface area contributed by atoms with E-state index in [9.17, 15) is 9.00 Å². The third-order valence-corrected chi connectivity index (χ3v) is 6.10. The van der Waals surface area contributed by atoms with Gasteiger partial charge in [0.25, 0.3) is 5.91 Å². The van der Waals surface area contributed by atoms with Crippen LogP contribution >= 0.6 is 0 Å². The Hall–Kier alpha value is -1.20. The van der Waals surface area contributed by atoms with Gasteiger partial charge in [0.05, 0.1) is 26.9 Å². The van der Waals surface area contributed by atoms with E-state index in [2.05, 4.69) is 5.32 Å². The molecule has 22 heavy (non-hydrogen) atoms. The maximum Gasteiger partial charge on any atom is 0.252 e. The van der Waals surface area contributed by atoms with Crippen LogP contribution in [0.2, 0.25) is 0 Å². The normalized spacial score (nSPS) is 24.5. The first-order valence-electron chi connectivity index (χ1n) is 8.06. The number of nitrogens with one attached hydrogen (secondary N) is 1. The number of rotatable bonds is 4. The summed E-state index contributed by atoms with van der Waals surface area (Å²) in [7, 11) is -1.12. The number of carbonyl (C=O) groups excluding carboxylic acids is 1. The Labute approximate surface area is 134 Å². The Bertz CT molecular complexity index is 583. The van der Waals surface area contributed by atoms with Crippen LogP contribution in [-0.4, -0.2) is 34.1 Å². The SMILES string of the molecule is CCS(=O)c1ccccc1C(=O)NC1CCOC2(CCC2)C1. The smallest absolute Gasteiger partial charge is 0.252 e. The van der Waals surface area contributed by atoms with Crippen molar-refractivity contribution in [3.63, 3.8) is 0 Å². The van der Waals surface area contributed by atoms with E-state index in [1.54, 1.807) is 12.1 Å². The Balaban J connectivity index is 1.71. The second-order valence-corrected chi connectivity index (χ2v) is 7.89. The standard InChI is InChI=1S/C17H23NO3S/c1-2-22(20)15-7-4-3-6-14(15)16(19)18-13-8-11-21-17(12-13)9-5-10-17/h3-4,6-7,13H,2,5,8-12H2,1H3,(H,18,19). The first-order valence-corrected chi connectivity index (χ1v) is 9.38. The van der Waals surface area contributed by atoms with Crippen molar-refractivity contribution in [2.24, 2.45) is 0 Å². The lowest BCUT2D eigenvalue weighted by molar-refractivity contribution is -0.134. The molecule has 1 heterocycles. The average molecular weight is 321 g/mol. The Kier molecular flexibility index (Phi) is 4.64. The number of hydrogen-bond donors (Lipinski definition) is 1. The number of hydrogen-bond acceptors (Lipinski definition) is 3. The molecule has 4 nitrogen and oxygen atoms in total. The van der Waals surface area contributed by atoms with Crippen LogP contribution in [0, 0.1) is 0 Å². The minimum Gasteiger partial charge on any atom is -0.375 e. The molecule has 2 aliphatic rings. The number of carbonyl (C=O) groups is 1. The van der Waals surface area contributed by atoms with Crippen LogP contribution in [0.5, 0.6) is 0 Å². The van der Waals surface area contributed by atoms with Crippen LogP contribution in [-0.2, 0) is 15.5 Å². The van der Waals surface area contributed by atoms with Gasteiger partial charge >= 0.3 is 0 Å². The van der Waals surface area contributed by atoms with E-state index in [0.29, 0.717) is 22.8 Å². The van der Waals surface area contributed by atoms with E-state index in [1.165, 1.54) is 6.42 Å². The van der Waals surface area contributed by atoms with Gasteiger partial charge in [0.2, 0.25) is 0 Å². The zero-order chi connectivity index (χ0) is 15.6. The number of benzene rings is 1. The summed E-state index contributed by atoms with van der Waals surface area (Å²) in [6.07, 6.45) is 5.19. The van der Waals surface area contributed by atoms with E-state index >= 15 is 0 Å². The van der Waals surface area contributed by atoms with Crippen LogP contribution in [0.1, 0.15) is 49.4 Å². The fourth-order valence-electron chi connectivity index (χ4n) is 3.34. The van der Waals surface area contributed by atoms with Crippen LogP contribution < -0.4 is 5.32 Å². The monoisotopic (exact) mass is 321 g/mol. The highest BCUT2D eigenvalue weighted by Crippen LogP contribution is 2.42. The first-order chi connectivity index (χ1) is 10.6. The minimum absolute atomic E-state index is 0.0158. The molecule has 1 N–H and O–H groups in total. The second-order valence-electron chi connectivity index (χ2n) is 6.18. The van der Waals surface area contributed by atoms with Gasteiger partial charge in [0.1, 0.15) is 0 Å². The summed E-state index contributed by atoms with van der Waals surface area (Å²) in [5.41, 5.74) is 0.555. The van der Waals surface area contributed by atoms with Gasteiger partial charge in [-0.2, -0.15) is 0 Å². The van der Waals surface area contributed by atoms with Crippen molar-refractivity contribution in [3.05, 3.63) is 29.8 Å². The zero-order valence-electron chi connectivity index (χ0n) is 13.0. The number of amides is 1. The maximum absolute atomic E-state index is 12.6. The average Bonchev–Trinajstić information content (AvgIpc) is 2.53. The predicted octanol–water partition coefficient (Wildman–Crippen LogP) is 2.65. The summed E-state index contributed by atoms with van der Waals surface area (Å²) in [6, 6.07) is 7.35. The lowest BCUT2D eigenvalue weighted by Crippen LogP contribution is -2.52. The van der Waals surface area contributed by atoms with E-state index in [4.69, 9.17) is 4.74 Å². The highest BCUT2D eigenvalue weighted by molar-refractivity contribution is 7.85. The van der Waals surface area contributed by atoms with Gasteiger partial charge in [-0.05, 0) is 44.2 Å². The van der Waals surface area contributed by atoms with Gasteiger partial charge in [0.15, 0.2) is 0 Å². The molecule has 1 amide bonds. The zero-order valence-corrected chi connectivity index (χ0v) is 13.8. The summed E-state index contributed by atoms with van der Waals surface area (Å²) in [4.78, 5) is 13.2. The first kappa shape index (κ1) is 15.7. The van der Waals surface area contributed by atoms with Crippen LogP contribution in [0.4, 0.5) is 0 Å². The van der Waals surface area contributed by atoms with Crippen molar-refractivity contribution in [2.75, 3.05) is 12.4 Å². The van der Waals surface area contributed by atoms with Crippen molar-refractivity contribution in [2.45, 2.75) is 55.6 Å². The highest BCUT2D eigenvalue weighted by atomic mass is 32.2. The van der Waals surface area contributed by atoms with Gasteiger partial charge in [-0.3, -0.25) is 9.00 Å². The topological polar surface area (TPSA) is 55.4 Å². The molecule has 1 spiro atoms. The minimum atomic E-state index is -1.12. The summed E-state index contributed by atoms with van der Waals surface area (Å²) in [6.45, 7) is 2.58. The molecule has 5 heteroatoms. The molecule has 120 valence electrons. The fourth-order valence-corrected chi connectivity index (χ4v) is 4.29. The largest absolute Gasteiger partial charge is 0.375 e. The molecule has 3 rings (SSSR count). The Morgan fingerprint density at radius 1 is 1.41 bits per heavy atom. The van der Waals surface area contributed by atoms with E-state index in [-0.39, 0.29) is 17.6 Å². The van der Waals surface area contributed by atoms with Crippen LogP contribution in [0.3, 0.4) is 0 Å². The molecule has 1 saturated heterocycles. The molecule has 1 aliphatic heterocycles. The fraction of sp³-hybridized carbons (Fsp3) is 0.588. The second kappa shape index (κ2) is 6.50. The maximum atomic E-state index is 12.6. The molecule has 0 radical (unpaired) electrons. The molecule has 0 bridgehead atoms. The molecule has 1 aromatic carbocycles. The van der Waals surface area contributed by atoms with Crippen molar-refractivity contribution in [1.29, 1.82) is 0 Å². The summed E-state index contributed by atoms with van der Waals surface area (Å²) in [5, 5.41) is 3.12. The molecule has 1 saturated carbocycles. The molecule has 1 aliphatic carbocycles. The van der Waals surface area contributed by atoms with Gasteiger partial charge in [-0.25, -0.2) is 0 Å². The van der Waals surface area contributed by atoms with Gasteiger partial charge in [-0.1, -0.05) is 19.1 Å². The lowest BCUT2D eigenvalue weighted by Gasteiger charge is -2.47.